The minimum absolute atomic E-state index is 0.599. The monoisotopic (exact) mass is 703 g/mol. The molecule has 0 N–H and O–H groups in total. The summed E-state index contributed by atoms with van der Waals surface area (Å²) in [4.78, 5) is 19.7. The predicted molar refractivity (Wildman–Crippen MR) is 225 cm³/mol. The molecule has 55 heavy (non-hydrogen) atoms. The third-order valence-corrected chi connectivity index (χ3v) is 10.2. The molecule has 0 saturated carbocycles. The van der Waals surface area contributed by atoms with Gasteiger partial charge in [0.1, 0.15) is 0 Å². The van der Waals surface area contributed by atoms with Crippen molar-refractivity contribution in [3.05, 3.63) is 200 Å². The molecule has 5 heteroatoms. The molecule has 3 aromatic heterocycles. The molecule has 0 aliphatic rings. The second-order valence-corrected chi connectivity index (χ2v) is 13.5. The first kappa shape index (κ1) is 32.2. The van der Waals surface area contributed by atoms with Crippen LogP contribution in [0.25, 0.3) is 95.0 Å². The van der Waals surface area contributed by atoms with E-state index >= 15 is 0 Å². The quantitative estimate of drug-likeness (QED) is 0.166. The second kappa shape index (κ2) is 13.8. The maximum atomic E-state index is 5.11. The van der Waals surface area contributed by atoms with Crippen molar-refractivity contribution in [2.24, 2.45) is 0 Å². The summed E-state index contributed by atoms with van der Waals surface area (Å²) in [5.74, 6) is 1.85. The van der Waals surface area contributed by atoms with Crippen molar-refractivity contribution in [3.8, 4) is 73.2 Å². The first-order valence-electron chi connectivity index (χ1n) is 18.4. The van der Waals surface area contributed by atoms with Crippen molar-refractivity contribution in [2.75, 3.05) is 0 Å². The Kier molecular flexibility index (Phi) is 8.08. The number of hydrogen-bond acceptors (Lipinski definition) is 4. The molecular weight excluding hydrogens is 671 g/mol. The molecule has 3 heterocycles. The highest BCUT2D eigenvalue weighted by atomic mass is 15.0. The fourth-order valence-electron chi connectivity index (χ4n) is 7.46. The average Bonchev–Trinajstić information content (AvgIpc) is 3.60. The van der Waals surface area contributed by atoms with Gasteiger partial charge in [-0.2, -0.15) is 0 Å². The van der Waals surface area contributed by atoms with E-state index in [0.717, 1.165) is 55.7 Å². The smallest absolute Gasteiger partial charge is 0.164 e. The Morgan fingerprint density at radius 2 is 0.764 bits per heavy atom. The van der Waals surface area contributed by atoms with Gasteiger partial charge in [0.25, 0.3) is 0 Å². The average molecular weight is 704 g/mol. The Balaban J connectivity index is 1.27. The molecule has 7 aromatic carbocycles. The summed E-state index contributed by atoms with van der Waals surface area (Å²) in [6, 6.07) is 65.6. The van der Waals surface area contributed by atoms with Crippen molar-refractivity contribution < 1.29 is 0 Å². The van der Waals surface area contributed by atoms with Crippen LogP contribution in [-0.4, -0.2) is 24.5 Å². The lowest BCUT2D eigenvalue weighted by Gasteiger charge is -2.17. The topological polar surface area (TPSA) is 56.5 Å². The maximum Gasteiger partial charge on any atom is 0.164 e. The Labute approximate surface area is 318 Å². The van der Waals surface area contributed by atoms with E-state index in [9.17, 15) is 0 Å². The fourth-order valence-corrected chi connectivity index (χ4v) is 7.46. The Morgan fingerprint density at radius 1 is 0.327 bits per heavy atom. The van der Waals surface area contributed by atoms with E-state index in [-0.39, 0.29) is 0 Å². The molecule has 0 amide bonds. The summed E-state index contributed by atoms with van der Waals surface area (Å²) < 4.78 is 2.41. The van der Waals surface area contributed by atoms with Gasteiger partial charge in [0, 0.05) is 51.0 Å². The number of fused-ring (bicyclic) bond motifs is 3. The summed E-state index contributed by atoms with van der Waals surface area (Å²) in [6.45, 7) is 0. The molecule has 0 radical (unpaired) electrons. The van der Waals surface area contributed by atoms with Crippen molar-refractivity contribution in [1.82, 2.24) is 24.5 Å². The minimum atomic E-state index is 0.599. The first-order valence-corrected chi connectivity index (χ1v) is 18.4. The fraction of sp³-hybridized carbons (Fsp3) is 0. The molecule has 0 aliphatic carbocycles. The molecule has 0 spiro atoms. The largest absolute Gasteiger partial charge is 0.309 e. The number of benzene rings is 7. The number of rotatable bonds is 7. The van der Waals surface area contributed by atoms with Crippen molar-refractivity contribution in [1.29, 1.82) is 0 Å². The maximum absolute atomic E-state index is 5.11. The molecule has 5 nitrogen and oxygen atoms in total. The minimum Gasteiger partial charge on any atom is -0.309 e. The Hall–Kier alpha value is -7.50. The predicted octanol–water partition coefficient (Wildman–Crippen LogP) is 12.4. The molecule has 10 aromatic rings. The summed E-state index contributed by atoms with van der Waals surface area (Å²) in [5.41, 5.74) is 12.7. The lowest BCUT2D eigenvalue weighted by Crippen LogP contribution is -2.02. The molecule has 10 rings (SSSR count). The van der Waals surface area contributed by atoms with Gasteiger partial charge in [-0.1, -0.05) is 164 Å². The van der Waals surface area contributed by atoms with E-state index in [1.807, 2.05) is 79.1 Å². The van der Waals surface area contributed by atoms with Gasteiger partial charge in [-0.15, -0.1) is 0 Å². The second-order valence-electron chi connectivity index (χ2n) is 13.5. The molecular formula is C50H33N5. The van der Waals surface area contributed by atoms with E-state index in [1.165, 1.54) is 21.9 Å². The molecule has 0 saturated heterocycles. The highest BCUT2D eigenvalue weighted by Crippen LogP contribution is 2.41. The van der Waals surface area contributed by atoms with E-state index in [1.54, 1.807) is 0 Å². The van der Waals surface area contributed by atoms with Crippen LogP contribution in [-0.2, 0) is 0 Å². The van der Waals surface area contributed by atoms with E-state index < -0.39 is 0 Å². The van der Waals surface area contributed by atoms with E-state index in [4.69, 9.17) is 15.0 Å². The SMILES string of the molecule is c1ccc(-c2ccc3c4ccc(-c5ccccc5)cc4n(-c4cc(-c5nc(-c6ccccc6)nc(-c6ccccc6)n5)ccc4-c4cccnc4)c3c2)cc1. The van der Waals surface area contributed by atoms with E-state index in [2.05, 4.69) is 131 Å². The Morgan fingerprint density at radius 3 is 1.24 bits per heavy atom. The van der Waals surface area contributed by atoms with Crippen LogP contribution in [0.3, 0.4) is 0 Å². The van der Waals surface area contributed by atoms with Crippen LogP contribution < -0.4 is 0 Å². The van der Waals surface area contributed by atoms with Crippen LogP contribution in [0, 0.1) is 0 Å². The van der Waals surface area contributed by atoms with Gasteiger partial charge < -0.3 is 4.57 Å². The molecule has 0 bridgehead atoms. The normalized spacial score (nSPS) is 11.3. The number of hydrogen-bond donors (Lipinski definition) is 0. The third kappa shape index (κ3) is 6.04. The van der Waals surface area contributed by atoms with Crippen LogP contribution in [0.5, 0.6) is 0 Å². The molecule has 0 aliphatic heterocycles. The van der Waals surface area contributed by atoms with Gasteiger partial charge in [-0.3, -0.25) is 4.98 Å². The van der Waals surface area contributed by atoms with Gasteiger partial charge in [0.15, 0.2) is 17.5 Å². The van der Waals surface area contributed by atoms with Crippen LogP contribution >= 0.6 is 0 Å². The standard InChI is InChI=1S/C50H33N5/c1-5-14-34(15-6-1)38-23-27-43-44-28-24-39(35-16-7-2-8-17-35)31-47(44)55(46(43)30-38)45-32-40(25-26-42(45)41-22-13-29-51-33-41)50-53-48(36-18-9-3-10-19-36)52-49(54-50)37-20-11-4-12-21-37/h1-33H. The molecule has 0 unspecified atom stereocenters. The van der Waals surface area contributed by atoms with Crippen LogP contribution in [0.15, 0.2) is 200 Å². The zero-order chi connectivity index (χ0) is 36.6. The summed E-state index contributed by atoms with van der Waals surface area (Å²) >= 11 is 0. The lowest BCUT2D eigenvalue weighted by molar-refractivity contribution is 1.07. The summed E-state index contributed by atoms with van der Waals surface area (Å²) in [6.07, 6.45) is 3.75. The third-order valence-electron chi connectivity index (χ3n) is 10.2. The first-order chi connectivity index (χ1) is 27.3. The summed E-state index contributed by atoms with van der Waals surface area (Å²) in [5, 5.41) is 2.35. The van der Waals surface area contributed by atoms with Gasteiger partial charge in [-0.05, 0) is 46.5 Å². The van der Waals surface area contributed by atoms with Gasteiger partial charge in [-0.25, -0.2) is 15.0 Å². The highest BCUT2D eigenvalue weighted by molar-refractivity contribution is 6.11. The van der Waals surface area contributed by atoms with Crippen LogP contribution in [0.1, 0.15) is 0 Å². The van der Waals surface area contributed by atoms with Crippen molar-refractivity contribution in [3.63, 3.8) is 0 Å². The molecule has 258 valence electrons. The van der Waals surface area contributed by atoms with Crippen LogP contribution in [0.4, 0.5) is 0 Å². The zero-order valence-corrected chi connectivity index (χ0v) is 29.8. The van der Waals surface area contributed by atoms with E-state index in [0.29, 0.717) is 17.5 Å². The molecule has 0 atom stereocenters. The lowest BCUT2D eigenvalue weighted by atomic mass is 10.0. The Bertz CT molecular complexity index is 2790. The van der Waals surface area contributed by atoms with Gasteiger partial charge in [0.05, 0.1) is 16.7 Å². The summed E-state index contributed by atoms with van der Waals surface area (Å²) in [7, 11) is 0. The van der Waals surface area contributed by atoms with Crippen LogP contribution in [0.2, 0.25) is 0 Å². The van der Waals surface area contributed by atoms with Gasteiger partial charge >= 0.3 is 0 Å². The number of pyridine rings is 1. The zero-order valence-electron chi connectivity index (χ0n) is 29.8. The number of aromatic nitrogens is 5. The van der Waals surface area contributed by atoms with Crippen molar-refractivity contribution in [2.45, 2.75) is 0 Å². The number of nitrogens with zero attached hydrogens (tertiary/aromatic N) is 5. The molecule has 0 fully saturated rings. The highest BCUT2D eigenvalue weighted by Gasteiger charge is 2.20. The van der Waals surface area contributed by atoms with Crippen molar-refractivity contribution >= 4 is 21.8 Å². The van der Waals surface area contributed by atoms with Gasteiger partial charge in [0.2, 0.25) is 0 Å².